The van der Waals surface area contributed by atoms with Crippen LogP contribution in [0.15, 0.2) is 91.0 Å². The van der Waals surface area contributed by atoms with E-state index >= 15 is 0 Å². The first-order chi connectivity index (χ1) is 14.4. The van der Waals surface area contributed by atoms with E-state index in [1.165, 1.54) is 12.1 Å². The van der Waals surface area contributed by atoms with Crippen LogP contribution in [-0.4, -0.2) is 14.4 Å². The van der Waals surface area contributed by atoms with Gasteiger partial charge in [-0.3, -0.25) is 4.57 Å². The summed E-state index contributed by atoms with van der Waals surface area (Å²) in [5.74, 6) is 0. The van der Waals surface area contributed by atoms with Crippen molar-refractivity contribution in [3.8, 4) is 16.8 Å². The van der Waals surface area contributed by atoms with Crippen LogP contribution in [-0.2, 0) is 4.57 Å². The molecule has 0 spiro atoms. The van der Waals surface area contributed by atoms with Crippen molar-refractivity contribution in [2.24, 2.45) is 0 Å². The Morgan fingerprint density at radius 1 is 0.700 bits per heavy atom. The number of nitrogens with zero attached hydrogens (tertiary/aromatic N) is 1. The summed E-state index contributed by atoms with van der Waals surface area (Å²) in [4.78, 5) is 18.7. The fraction of sp³-hybridized carbons (Fsp3) is 0. The van der Waals surface area contributed by atoms with Crippen LogP contribution in [0.2, 0.25) is 5.02 Å². The standard InChI is InChI=1S/C24H17ClNO3P/c25-18-10-13-22-21-6-1-2-7-23(21)26(24(22)15-18)19-5-3-4-17(14-19)16-8-11-20(12-9-16)30(27,28)29/h1-15H,(H2,27,28,29). The Kier molecular flexibility index (Phi) is 4.53. The Morgan fingerprint density at radius 2 is 1.43 bits per heavy atom. The van der Waals surface area contributed by atoms with Crippen molar-refractivity contribution in [3.05, 3.63) is 96.0 Å². The minimum absolute atomic E-state index is 0.0134. The van der Waals surface area contributed by atoms with Crippen LogP contribution in [0, 0.1) is 0 Å². The third-order valence-corrected chi connectivity index (χ3v) is 6.48. The van der Waals surface area contributed by atoms with Crippen molar-refractivity contribution in [2.75, 3.05) is 0 Å². The lowest BCUT2D eigenvalue weighted by atomic mass is 10.1. The van der Waals surface area contributed by atoms with E-state index < -0.39 is 7.60 Å². The summed E-state index contributed by atoms with van der Waals surface area (Å²) < 4.78 is 13.6. The molecule has 30 heavy (non-hydrogen) atoms. The van der Waals surface area contributed by atoms with E-state index in [1.54, 1.807) is 12.1 Å². The largest absolute Gasteiger partial charge is 0.356 e. The highest BCUT2D eigenvalue weighted by Crippen LogP contribution is 2.36. The highest BCUT2D eigenvalue weighted by Gasteiger charge is 2.17. The lowest BCUT2D eigenvalue weighted by molar-refractivity contribution is 0.387. The quantitative estimate of drug-likeness (QED) is 0.348. The highest BCUT2D eigenvalue weighted by molar-refractivity contribution is 7.60. The minimum Gasteiger partial charge on any atom is -0.321 e. The maximum atomic E-state index is 11.4. The number of aromatic nitrogens is 1. The van der Waals surface area contributed by atoms with Gasteiger partial charge in [0.1, 0.15) is 0 Å². The molecule has 0 aliphatic heterocycles. The van der Waals surface area contributed by atoms with Gasteiger partial charge in [0.15, 0.2) is 0 Å². The predicted molar refractivity (Wildman–Crippen MR) is 123 cm³/mol. The summed E-state index contributed by atoms with van der Waals surface area (Å²) in [5, 5.41) is 2.97. The summed E-state index contributed by atoms with van der Waals surface area (Å²) in [6.07, 6.45) is 0. The highest BCUT2D eigenvalue weighted by atomic mass is 35.5. The van der Waals surface area contributed by atoms with Gasteiger partial charge in [-0.25, -0.2) is 0 Å². The molecular formula is C24H17ClNO3P. The van der Waals surface area contributed by atoms with E-state index in [0.717, 1.165) is 38.6 Å². The minimum atomic E-state index is -4.25. The van der Waals surface area contributed by atoms with Crippen molar-refractivity contribution >= 4 is 46.3 Å². The van der Waals surface area contributed by atoms with Gasteiger partial charge in [-0.05, 0) is 53.6 Å². The maximum absolute atomic E-state index is 11.4. The first-order valence-electron chi connectivity index (χ1n) is 9.37. The Labute approximate surface area is 178 Å². The van der Waals surface area contributed by atoms with Crippen LogP contribution in [0.3, 0.4) is 0 Å². The number of hydrogen-bond donors (Lipinski definition) is 2. The maximum Gasteiger partial charge on any atom is 0.356 e. The summed E-state index contributed by atoms with van der Waals surface area (Å²) >= 11 is 6.31. The molecule has 0 atom stereocenters. The molecule has 0 saturated carbocycles. The molecule has 0 unspecified atom stereocenters. The number of fused-ring (bicyclic) bond motifs is 3. The lowest BCUT2D eigenvalue weighted by Gasteiger charge is -2.11. The number of halogens is 1. The molecule has 1 heterocycles. The molecule has 5 rings (SSSR count). The number of hydrogen-bond acceptors (Lipinski definition) is 1. The first kappa shape index (κ1) is 19.1. The van der Waals surface area contributed by atoms with Gasteiger partial charge in [0.05, 0.1) is 16.3 Å². The van der Waals surface area contributed by atoms with E-state index in [0.29, 0.717) is 5.02 Å². The van der Waals surface area contributed by atoms with Crippen LogP contribution in [0.5, 0.6) is 0 Å². The Hall–Kier alpha value is -2.88. The van der Waals surface area contributed by atoms with Crippen LogP contribution in [0.4, 0.5) is 0 Å². The molecule has 0 amide bonds. The van der Waals surface area contributed by atoms with Gasteiger partial charge in [-0.2, -0.15) is 0 Å². The second-order valence-corrected chi connectivity index (χ2v) is 9.20. The molecule has 4 nitrogen and oxygen atoms in total. The molecule has 4 aromatic carbocycles. The van der Waals surface area contributed by atoms with E-state index in [4.69, 9.17) is 11.6 Å². The van der Waals surface area contributed by atoms with Crippen LogP contribution in [0.1, 0.15) is 0 Å². The fourth-order valence-electron chi connectivity index (χ4n) is 3.89. The second-order valence-electron chi connectivity index (χ2n) is 7.16. The smallest absolute Gasteiger partial charge is 0.321 e. The van der Waals surface area contributed by atoms with Gasteiger partial charge in [-0.15, -0.1) is 0 Å². The average molecular weight is 434 g/mol. The number of rotatable bonds is 3. The van der Waals surface area contributed by atoms with Crippen LogP contribution in [0.25, 0.3) is 38.6 Å². The fourth-order valence-corrected chi connectivity index (χ4v) is 4.60. The third kappa shape index (κ3) is 3.24. The number of para-hydroxylation sites is 1. The summed E-state index contributed by atoms with van der Waals surface area (Å²) in [5.41, 5.74) is 4.94. The average Bonchev–Trinajstić information content (AvgIpc) is 3.06. The topological polar surface area (TPSA) is 62.5 Å². The Bertz CT molecular complexity index is 1450. The van der Waals surface area contributed by atoms with Gasteiger partial charge in [-0.1, -0.05) is 60.1 Å². The van der Waals surface area contributed by atoms with Crippen LogP contribution >= 0.6 is 19.2 Å². The zero-order valence-electron chi connectivity index (χ0n) is 15.7. The second kappa shape index (κ2) is 7.12. The SMILES string of the molecule is O=P(O)(O)c1ccc(-c2cccc(-n3c4ccccc4c4ccc(Cl)cc43)c2)cc1. The number of benzene rings is 4. The van der Waals surface area contributed by atoms with Gasteiger partial charge in [0, 0.05) is 21.5 Å². The summed E-state index contributed by atoms with van der Waals surface area (Å²) in [6.45, 7) is 0. The van der Waals surface area contributed by atoms with Gasteiger partial charge in [0.25, 0.3) is 0 Å². The molecule has 5 aromatic rings. The van der Waals surface area contributed by atoms with Gasteiger partial charge >= 0.3 is 7.60 Å². The first-order valence-corrected chi connectivity index (χ1v) is 11.4. The molecule has 0 bridgehead atoms. The van der Waals surface area contributed by atoms with E-state index in [1.807, 2.05) is 48.5 Å². The molecule has 1 aromatic heterocycles. The zero-order valence-corrected chi connectivity index (χ0v) is 17.4. The molecule has 2 N–H and O–H groups in total. The Balaban J connectivity index is 1.70. The Morgan fingerprint density at radius 3 is 2.20 bits per heavy atom. The molecule has 0 saturated heterocycles. The molecule has 6 heteroatoms. The predicted octanol–water partition coefficient (Wildman–Crippen LogP) is 5.91. The third-order valence-electron chi connectivity index (χ3n) is 5.28. The monoisotopic (exact) mass is 433 g/mol. The normalized spacial score (nSPS) is 12.0. The van der Waals surface area contributed by atoms with Gasteiger partial charge < -0.3 is 14.4 Å². The molecule has 148 valence electrons. The van der Waals surface area contributed by atoms with Crippen molar-refractivity contribution < 1.29 is 14.4 Å². The van der Waals surface area contributed by atoms with Crippen molar-refractivity contribution in [1.29, 1.82) is 0 Å². The summed E-state index contributed by atoms with van der Waals surface area (Å²) in [6, 6.07) is 28.6. The molecule has 0 aliphatic carbocycles. The van der Waals surface area contributed by atoms with Crippen molar-refractivity contribution in [2.45, 2.75) is 0 Å². The lowest BCUT2D eigenvalue weighted by Crippen LogP contribution is -2.02. The van der Waals surface area contributed by atoms with E-state index in [9.17, 15) is 14.4 Å². The van der Waals surface area contributed by atoms with Gasteiger partial charge in [0.2, 0.25) is 0 Å². The van der Waals surface area contributed by atoms with Crippen LogP contribution < -0.4 is 5.30 Å². The molecule has 0 radical (unpaired) electrons. The van der Waals surface area contributed by atoms with E-state index in [-0.39, 0.29) is 5.30 Å². The molecule has 0 aliphatic rings. The summed E-state index contributed by atoms with van der Waals surface area (Å²) in [7, 11) is -4.25. The molecule has 0 fully saturated rings. The zero-order chi connectivity index (χ0) is 20.9. The van der Waals surface area contributed by atoms with Crippen molar-refractivity contribution in [1.82, 2.24) is 4.57 Å². The molecular weight excluding hydrogens is 417 g/mol. The van der Waals surface area contributed by atoms with Crippen molar-refractivity contribution in [3.63, 3.8) is 0 Å². The van der Waals surface area contributed by atoms with E-state index in [2.05, 4.69) is 22.8 Å².